The highest BCUT2D eigenvalue weighted by molar-refractivity contribution is 9.10. The Labute approximate surface area is 126 Å². The molecule has 0 radical (unpaired) electrons. The van der Waals surface area contributed by atoms with Crippen LogP contribution in [0.15, 0.2) is 46.9 Å². The minimum atomic E-state index is -0.549. The van der Waals surface area contributed by atoms with Gasteiger partial charge in [-0.25, -0.2) is 4.39 Å². The molecule has 0 aliphatic carbocycles. The fraction of sp³-hybridized carbons (Fsp3) is 0.188. The number of benzene rings is 2. The van der Waals surface area contributed by atoms with E-state index in [0.29, 0.717) is 5.69 Å². The van der Waals surface area contributed by atoms with Crippen molar-refractivity contribution in [3.05, 3.63) is 63.9 Å². The Morgan fingerprint density at radius 1 is 1.20 bits per heavy atom. The molecular weight excluding hydrogens is 321 g/mol. The Morgan fingerprint density at radius 2 is 1.90 bits per heavy atom. The smallest absolute Gasteiger partial charge is 0.258 e. The van der Waals surface area contributed by atoms with Gasteiger partial charge in [0.05, 0.1) is 10.0 Å². The third-order valence-electron chi connectivity index (χ3n) is 2.95. The molecule has 0 saturated carbocycles. The van der Waals surface area contributed by atoms with Gasteiger partial charge in [0, 0.05) is 5.69 Å². The van der Waals surface area contributed by atoms with Crippen LogP contribution < -0.4 is 5.32 Å². The highest BCUT2D eigenvalue weighted by Crippen LogP contribution is 2.20. The van der Waals surface area contributed by atoms with Gasteiger partial charge in [0.1, 0.15) is 5.82 Å². The summed E-state index contributed by atoms with van der Waals surface area (Å²) in [6.45, 7) is 2.12. The van der Waals surface area contributed by atoms with Crippen LogP contribution in [-0.2, 0) is 6.42 Å². The first kappa shape index (κ1) is 14.7. The second kappa shape index (κ2) is 6.66. The molecular formula is C16H15BrFNO. The molecule has 0 unspecified atom stereocenters. The van der Waals surface area contributed by atoms with E-state index in [0.717, 1.165) is 12.8 Å². The van der Waals surface area contributed by atoms with Crippen LogP contribution in [0.3, 0.4) is 0 Å². The molecule has 1 amide bonds. The van der Waals surface area contributed by atoms with Crippen LogP contribution >= 0.6 is 15.9 Å². The topological polar surface area (TPSA) is 29.1 Å². The van der Waals surface area contributed by atoms with Gasteiger partial charge in [-0.2, -0.15) is 0 Å². The van der Waals surface area contributed by atoms with Crippen LogP contribution in [-0.4, -0.2) is 5.91 Å². The molecule has 0 saturated heterocycles. The van der Waals surface area contributed by atoms with Crippen molar-refractivity contribution in [2.24, 2.45) is 0 Å². The molecule has 0 fully saturated rings. The van der Waals surface area contributed by atoms with Crippen LogP contribution in [0, 0.1) is 5.82 Å². The zero-order valence-corrected chi connectivity index (χ0v) is 12.7. The second-order valence-electron chi connectivity index (χ2n) is 4.50. The zero-order valence-electron chi connectivity index (χ0n) is 11.1. The molecule has 104 valence electrons. The Kier molecular flexibility index (Phi) is 4.90. The summed E-state index contributed by atoms with van der Waals surface area (Å²) < 4.78 is 14.1. The van der Waals surface area contributed by atoms with E-state index in [-0.39, 0.29) is 10.0 Å². The summed E-state index contributed by atoms with van der Waals surface area (Å²) in [4.78, 5) is 12.0. The normalized spacial score (nSPS) is 10.3. The number of carbonyl (C=O) groups excluding carboxylic acids is 1. The Balaban J connectivity index is 2.13. The molecule has 0 bridgehead atoms. The molecule has 2 aromatic carbocycles. The molecule has 20 heavy (non-hydrogen) atoms. The van der Waals surface area contributed by atoms with Crippen LogP contribution in [0.2, 0.25) is 0 Å². The molecule has 0 spiro atoms. The van der Waals surface area contributed by atoms with E-state index in [1.54, 1.807) is 12.1 Å². The summed E-state index contributed by atoms with van der Waals surface area (Å²) in [7, 11) is 0. The van der Waals surface area contributed by atoms with E-state index < -0.39 is 11.7 Å². The van der Waals surface area contributed by atoms with Crippen molar-refractivity contribution >= 4 is 27.5 Å². The van der Waals surface area contributed by atoms with Crippen molar-refractivity contribution in [2.75, 3.05) is 5.32 Å². The molecule has 1 N–H and O–H groups in total. The first-order valence-corrected chi connectivity index (χ1v) is 7.25. The summed E-state index contributed by atoms with van der Waals surface area (Å²) in [5.74, 6) is -1.00. The van der Waals surface area contributed by atoms with E-state index in [1.165, 1.54) is 11.6 Å². The number of anilines is 1. The van der Waals surface area contributed by atoms with E-state index in [9.17, 15) is 9.18 Å². The highest BCUT2D eigenvalue weighted by atomic mass is 79.9. The molecule has 0 aliphatic rings. The molecule has 2 aromatic rings. The molecule has 0 aliphatic heterocycles. The number of amides is 1. The standard InChI is InChI=1S/C16H15BrFNO/c1-2-4-11-7-9-12(10-8-11)19-16(20)13-5-3-6-14(17)15(13)18/h3,5-10H,2,4H2,1H3,(H,19,20). The fourth-order valence-electron chi connectivity index (χ4n) is 1.92. The average Bonchev–Trinajstić information content (AvgIpc) is 2.44. The summed E-state index contributed by atoms with van der Waals surface area (Å²) in [6.07, 6.45) is 2.09. The number of carbonyl (C=O) groups is 1. The predicted molar refractivity (Wildman–Crippen MR) is 82.5 cm³/mol. The van der Waals surface area contributed by atoms with Crippen molar-refractivity contribution in [3.8, 4) is 0 Å². The van der Waals surface area contributed by atoms with E-state index in [4.69, 9.17) is 0 Å². The largest absolute Gasteiger partial charge is 0.322 e. The van der Waals surface area contributed by atoms with Crippen LogP contribution in [0.5, 0.6) is 0 Å². The molecule has 2 rings (SSSR count). The second-order valence-corrected chi connectivity index (χ2v) is 5.36. The van der Waals surface area contributed by atoms with Crippen molar-refractivity contribution in [1.82, 2.24) is 0 Å². The number of hydrogen-bond acceptors (Lipinski definition) is 1. The van der Waals surface area contributed by atoms with E-state index in [2.05, 4.69) is 28.2 Å². The van der Waals surface area contributed by atoms with Gasteiger partial charge in [0.15, 0.2) is 0 Å². The SMILES string of the molecule is CCCc1ccc(NC(=O)c2cccc(Br)c2F)cc1. The summed E-state index contributed by atoms with van der Waals surface area (Å²) in [5.41, 5.74) is 1.91. The highest BCUT2D eigenvalue weighted by Gasteiger charge is 2.13. The Bertz CT molecular complexity index is 610. The van der Waals surface area contributed by atoms with Gasteiger partial charge in [-0.1, -0.05) is 31.5 Å². The third kappa shape index (κ3) is 3.45. The lowest BCUT2D eigenvalue weighted by Crippen LogP contribution is -2.13. The third-order valence-corrected chi connectivity index (χ3v) is 3.56. The average molecular weight is 336 g/mol. The van der Waals surface area contributed by atoms with Crippen molar-refractivity contribution in [1.29, 1.82) is 0 Å². The molecule has 0 atom stereocenters. The van der Waals surface area contributed by atoms with Gasteiger partial charge < -0.3 is 5.32 Å². The van der Waals surface area contributed by atoms with Gasteiger partial charge in [-0.15, -0.1) is 0 Å². The molecule has 0 aromatic heterocycles. The van der Waals surface area contributed by atoms with Gasteiger partial charge in [-0.05, 0) is 52.2 Å². The van der Waals surface area contributed by atoms with Gasteiger partial charge in [0.2, 0.25) is 0 Å². The van der Waals surface area contributed by atoms with Gasteiger partial charge in [-0.3, -0.25) is 4.79 Å². The van der Waals surface area contributed by atoms with E-state index >= 15 is 0 Å². The first-order valence-electron chi connectivity index (χ1n) is 6.46. The summed E-state index contributed by atoms with van der Waals surface area (Å²) >= 11 is 3.07. The number of rotatable bonds is 4. The van der Waals surface area contributed by atoms with Crippen LogP contribution in [0.4, 0.5) is 10.1 Å². The quantitative estimate of drug-likeness (QED) is 0.854. The van der Waals surface area contributed by atoms with Crippen molar-refractivity contribution in [2.45, 2.75) is 19.8 Å². The Morgan fingerprint density at radius 3 is 2.55 bits per heavy atom. The number of aryl methyl sites for hydroxylation is 1. The lowest BCUT2D eigenvalue weighted by molar-refractivity contribution is 0.102. The molecule has 4 heteroatoms. The maximum Gasteiger partial charge on any atom is 0.258 e. The summed E-state index contributed by atoms with van der Waals surface area (Å²) in [5, 5.41) is 2.70. The minimum Gasteiger partial charge on any atom is -0.322 e. The lowest BCUT2D eigenvalue weighted by atomic mass is 10.1. The monoisotopic (exact) mass is 335 g/mol. The number of halogens is 2. The fourth-order valence-corrected chi connectivity index (χ4v) is 2.29. The molecule has 2 nitrogen and oxygen atoms in total. The van der Waals surface area contributed by atoms with Crippen molar-refractivity contribution in [3.63, 3.8) is 0 Å². The maximum atomic E-state index is 13.8. The van der Waals surface area contributed by atoms with Gasteiger partial charge >= 0.3 is 0 Å². The van der Waals surface area contributed by atoms with Crippen LogP contribution in [0.25, 0.3) is 0 Å². The maximum absolute atomic E-state index is 13.8. The zero-order chi connectivity index (χ0) is 14.5. The number of nitrogens with one attached hydrogen (secondary N) is 1. The van der Waals surface area contributed by atoms with Gasteiger partial charge in [0.25, 0.3) is 5.91 Å². The predicted octanol–water partition coefficient (Wildman–Crippen LogP) is 4.79. The van der Waals surface area contributed by atoms with Crippen molar-refractivity contribution < 1.29 is 9.18 Å². The first-order chi connectivity index (χ1) is 9.61. The minimum absolute atomic E-state index is 0.0250. The summed E-state index contributed by atoms with van der Waals surface area (Å²) in [6, 6.07) is 12.3. The van der Waals surface area contributed by atoms with Crippen LogP contribution in [0.1, 0.15) is 29.3 Å². The number of hydrogen-bond donors (Lipinski definition) is 1. The lowest BCUT2D eigenvalue weighted by Gasteiger charge is -2.07. The van der Waals surface area contributed by atoms with E-state index in [1.807, 2.05) is 24.3 Å². The Hall–Kier alpha value is -1.68. The molecule has 0 heterocycles.